The molecule has 0 aliphatic carbocycles. The van der Waals surface area contributed by atoms with Gasteiger partial charge in [-0.2, -0.15) is 0 Å². The second-order valence-corrected chi connectivity index (χ2v) is 7.49. The van der Waals surface area contributed by atoms with Crippen molar-refractivity contribution in [3.63, 3.8) is 0 Å². The van der Waals surface area contributed by atoms with E-state index in [1.807, 2.05) is 12.1 Å². The van der Waals surface area contributed by atoms with Gasteiger partial charge in [-0.1, -0.05) is 39.1 Å². The fourth-order valence-corrected chi connectivity index (χ4v) is 3.25. The molecule has 2 nitrogen and oxygen atoms in total. The zero-order valence-corrected chi connectivity index (χ0v) is 16.5. The smallest absolute Gasteiger partial charge is 0.256 e. The van der Waals surface area contributed by atoms with Crippen LogP contribution in [0.25, 0.3) is 0 Å². The van der Waals surface area contributed by atoms with Crippen molar-refractivity contribution >= 4 is 89.2 Å². The molecule has 0 radical (unpaired) electrons. The number of carbonyl (C=O) groups is 1. The Labute approximate surface area is 156 Å². The van der Waals surface area contributed by atoms with Crippen molar-refractivity contribution in [2.75, 3.05) is 5.32 Å². The topological polar surface area (TPSA) is 29.1 Å². The highest BCUT2D eigenvalue weighted by molar-refractivity contribution is 14.1. The van der Waals surface area contributed by atoms with Gasteiger partial charge in [0, 0.05) is 12.5 Å². The Bertz CT molecular complexity index is 694. The molecule has 20 heavy (non-hydrogen) atoms. The van der Waals surface area contributed by atoms with Crippen LogP contribution < -0.4 is 5.32 Å². The van der Waals surface area contributed by atoms with Crippen LogP contribution in [-0.4, -0.2) is 5.91 Å². The van der Waals surface area contributed by atoms with E-state index in [2.05, 4.69) is 59.8 Å². The Morgan fingerprint density at radius 3 is 2.50 bits per heavy atom. The molecule has 2 aromatic carbocycles. The quantitative estimate of drug-likeness (QED) is 0.342. The van der Waals surface area contributed by atoms with Gasteiger partial charge in [0.05, 0.1) is 21.3 Å². The highest BCUT2D eigenvalue weighted by Crippen LogP contribution is 2.36. The first-order chi connectivity index (χ1) is 9.40. The van der Waals surface area contributed by atoms with Gasteiger partial charge in [-0.25, -0.2) is 0 Å². The number of nitrogens with one attached hydrogen (secondary N) is 1. The Morgan fingerprint density at radius 1 is 1.10 bits per heavy atom. The van der Waals surface area contributed by atoms with Gasteiger partial charge in [-0.05, 0) is 68.9 Å². The zero-order valence-electron chi connectivity index (χ0n) is 9.68. The lowest BCUT2D eigenvalue weighted by atomic mass is 10.2. The maximum absolute atomic E-state index is 12.3. The molecule has 0 aliphatic heterocycles. The molecule has 0 aromatic heterocycles. The number of carbonyl (C=O) groups excluding carboxylic acids is 1. The van der Waals surface area contributed by atoms with E-state index in [-0.39, 0.29) is 5.91 Å². The summed E-state index contributed by atoms with van der Waals surface area (Å²) in [6.07, 6.45) is 0. The maximum atomic E-state index is 12.3. The third kappa shape index (κ3) is 3.68. The third-order valence-electron chi connectivity index (χ3n) is 2.46. The van der Waals surface area contributed by atoms with Gasteiger partial charge in [-0.3, -0.25) is 4.79 Å². The molecule has 0 saturated carbocycles. The number of anilines is 1. The largest absolute Gasteiger partial charge is 0.321 e. The first kappa shape index (κ1) is 16.5. The second-order valence-electron chi connectivity index (χ2n) is 3.80. The van der Waals surface area contributed by atoms with Crippen LogP contribution in [0.4, 0.5) is 5.69 Å². The standard InChI is InChI=1S/C13H6Br2Cl2INO/c14-6-1-3-9(18)7(5-6)13(20)19-10-4-2-8(15)11(16)12(10)17/h1-5H,(H,19,20). The molecule has 0 atom stereocenters. The summed E-state index contributed by atoms with van der Waals surface area (Å²) in [5.41, 5.74) is 1.04. The van der Waals surface area contributed by atoms with E-state index in [1.54, 1.807) is 18.2 Å². The molecule has 0 spiro atoms. The minimum atomic E-state index is -0.240. The molecule has 0 fully saturated rings. The van der Waals surface area contributed by atoms with Gasteiger partial charge in [0.15, 0.2) is 0 Å². The van der Waals surface area contributed by atoms with Gasteiger partial charge in [0.1, 0.15) is 0 Å². The molecule has 7 heteroatoms. The molecule has 0 unspecified atom stereocenters. The van der Waals surface area contributed by atoms with E-state index >= 15 is 0 Å². The van der Waals surface area contributed by atoms with Crippen LogP contribution in [0.15, 0.2) is 39.3 Å². The van der Waals surface area contributed by atoms with Crippen LogP contribution in [0.2, 0.25) is 10.0 Å². The van der Waals surface area contributed by atoms with Crippen molar-refractivity contribution in [1.29, 1.82) is 0 Å². The summed E-state index contributed by atoms with van der Waals surface area (Å²) in [6.45, 7) is 0. The molecule has 1 amide bonds. The summed E-state index contributed by atoms with van der Waals surface area (Å²) < 4.78 is 2.37. The molecule has 0 aliphatic rings. The van der Waals surface area contributed by atoms with E-state index < -0.39 is 0 Å². The van der Waals surface area contributed by atoms with Crippen LogP contribution in [0.1, 0.15) is 10.4 Å². The highest BCUT2D eigenvalue weighted by atomic mass is 127. The monoisotopic (exact) mass is 547 g/mol. The normalized spacial score (nSPS) is 10.4. The van der Waals surface area contributed by atoms with Crippen molar-refractivity contribution in [3.05, 3.63) is 58.5 Å². The van der Waals surface area contributed by atoms with Gasteiger partial charge >= 0.3 is 0 Å². The molecule has 0 heterocycles. The molecular weight excluding hydrogens is 544 g/mol. The van der Waals surface area contributed by atoms with Crippen molar-refractivity contribution < 1.29 is 4.79 Å². The van der Waals surface area contributed by atoms with Crippen LogP contribution in [0, 0.1) is 3.57 Å². The van der Waals surface area contributed by atoms with Crippen molar-refractivity contribution in [2.24, 2.45) is 0 Å². The first-order valence-corrected chi connectivity index (χ1v) is 8.72. The number of rotatable bonds is 2. The number of hydrogen-bond donors (Lipinski definition) is 1. The fourth-order valence-electron chi connectivity index (χ4n) is 1.48. The Kier molecular flexibility index (Phi) is 5.76. The highest BCUT2D eigenvalue weighted by Gasteiger charge is 2.14. The molecule has 1 N–H and O–H groups in total. The summed E-state index contributed by atoms with van der Waals surface area (Å²) in [7, 11) is 0. The molecule has 104 valence electrons. The summed E-state index contributed by atoms with van der Waals surface area (Å²) in [4.78, 5) is 12.3. The van der Waals surface area contributed by atoms with Crippen LogP contribution in [0.3, 0.4) is 0 Å². The minimum Gasteiger partial charge on any atom is -0.321 e. The van der Waals surface area contributed by atoms with E-state index in [0.29, 0.717) is 25.8 Å². The molecule has 2 rings (SSSR count). The Balaban J connectivity index is 2.33. The number of hydrogen-bond acceptors (Lipinski definition) is 1. The number of benzene rings is 2. The van der Waals surface area contributed by atoms with Gasteiger partial charge < -0.3 is 5.32 Å². The fraction of sp³-hybridized carbons (Fsp3) is 0. The van der Waals surface area contributed by atoms with E-state index in [9.17, 15) is 4.79 Å². The lowest BCUT2D eigenvalue weighted by Crippen LogP contribution is -2.13. The van der Waals surface area contributed by atoms with Gasteiger partial charge in [0.2, 0.25) is 0 Å². The number of halogens is 5. The second kappa shape index (κ2) is 6.96. The van der Waals surface area contributed by atoms with Crippen molar-refractivity contribution in [3.8, 4) is 0 Å². The van der Waals surface area contributed by atoms with Crippen LogP contribution in [-0.2, 0) is 0 Å². The zero-order chi connectivity index (χ0) is 14.9. The minimum absolute atomic E-state index is 0.240. The van der Waals surface area contributed by atoms with Crippen LogP contribution >= 0.6 is 77.7 Å². The molecule has 2 aromatic rings. The van der Waals surface area contributed by atoms with Crippen LogP contribution in [0.5, 0.6) is 0 Å². The average Bonchev–Trinajstić information content (AvgIpc) is 2.42. The van der Waals surface area contributed by atoms with Gasteiger partial charge in [-0.15, -0.1) is 0 Å². The van der Waals surface area contributed by atoms with Crippen molar-refractivity contribution in [2.45, 2.75) is 0 Å². The summed E-state index contributed by atoms with van der Waals surface area (Å²) in [6, 6.07) is 8.92. The van der Waals surface area contributed by atoms with E-state index in [1.165, 1.54) is 0 Å². The molecule has 0 bridgehead atoms. The van der Waals surface area contributed by atoms with Crippen molar-refractivity contribution in [1.82, 2.24) is 0 Å². The number of amides is 1. The maximum Gasteiger partial charge on any atom is 0.256 e. The lowest BCUT2D eigenvalue weighted by molar-refractivity contribution is 0.102. The summed E-state index contributed by atoms with van der Waals surface area (Å²) in [5.74, 6) is -0.240. The SMILES string of the molecule is O=C(Nc1ccc(Br)c(Cl)c1Cl)c1cc(Br)ccc1I. The Hall–Kier alpha value is 0.180. The first-order valence-electron chi connectivity index (χ1n) is 5.30. The van der Waals surface area contributed by atoms with E-state index in [4.69, 9.17) is 23.2 Å². The molecule has 0 saturated heterocycles. The lowest BCUT2D eigenvalue weighted by Gasteiger charge is -2.10. The third-order valence-corrected chi connectivity index (χ3v) is 5.66. The summed E-state index contributed by atoms with van der Waals surface area (Å²) in [5, 5.41) is 3.43. The molecular formula is C13H6Br2Cl2INO. The predicted octanol–water partition coefficient (Wildman–Crippen LogP) is 6.38. The Morgan fingerprint density at radius 2 is 1.80 bits per heavy atom. The predicted molar refractivity (Wildman–Crippen MR) is 99.0 cm³/mol. The van der Waals surface area contributed by atoms with E-state index in [0.717, 1.165) is 8.04 Å². The van der Waals surface area contributed by atoms with Gasteiger partial charge in [0.25, 0.3) is 5.91 Å². The average molecular weight is 550 g/mol. The summed E-state index contributed by atoms with van der Waals surface area (Å²) >= 11 is 20.9.